The lowest BCUT2D eigenvalue weighted by Crippen LogP contribution is -2.49. The third-order valence-electron chi connectivity index (χ3n) is 3.90. The number of hydrogen-bond acceptors (Lipinski definition) is 5. The van der Waals surface area contributed by atoms with Gasteiger partial charge in [0, 0.05) is 50.1 Å². The molecule has 0 aliphatic carbocycles. The van der Waals surface area contributed by atoms with Crippen molar-refractivity contribution in [3.63, 3.8) is 0 Å². The molecule has 1 aliphatic heterocycles. The maximum Gasteiger partial charge on any atom is 0.271 e. The molecule has 0 saturated carbocycles. The molecule has 3 aromatic rings. The van der Waals surface area contributed by atoms with Crippen molar-refractivity contribution in [3.8, 4) is 0 Å². The van der Waals surface area contributed by atoms with Crippen LogP contribution in [0.3, 0.4) is 0 Å². The summed E-state index contributed by atoms with van der Waals surface area (Å²) in [6.45, 7) is 3.03. The Morgan fingerprint density at radius 2 is 1.95 bits per heavy atom. The van der Waals surface area contributed by atoms with Gasteiger partial charge in [-0.2, -0.15) is 0 Å². The molecule has 4 heterocycles. The standard InChI is InChI=1S/C15H15N5OS/c21-14(12-11-22-15-17-5-6-20(12)15)19-9-7-18(8-10-19)13-3-1-2-4-16-13/h1-6,11H,7-10H2. The maximum absolute atomic E-state index is 12.7. The number of nitrogens with zero attached hydrogens (tertiary/aromatic N) is 5. The maximum atomic E-state index is 12.7. The molecule has 6 nitrogen and oxygen atoms in total. The van der Waals surface area contributed by atoms with Crippen molar-refractivity contribution in [1.82, 2.24) is 19.3 Å². The topological polar surface area (TPSA) is 53.7 Å². The number of pyridine rings is 1. The lowest BCUT2D eigenvalue weighted by Gasteiger charge is -2.35. The molecule has 1 amide bonds. The summed E-state index contributed by atoms with van der Waals surface area (Å²) in [4.78, 5) is 26.2. The number of rotatable bonds is 2. The summed E-state index contributed by atoms with van der Waals surface area (Å²) in [6, 6.07) is 5.91. The Bertz CT molecular complexity index is 788. The number of imidazole rings is 1. The van der Waals surface area contributed by atoms with E-state index in [-0.39, 0.29) is 5.91 Å². The van der Waals surface area contributed by atoms with Crippen LogP contribution in [0.25, 0.3) is 4.96 Å². The van der Waals surface area contributed by atoms with Gasteiger partial charge >= 0.3 is 0 Å². The van der Waals surface area contributed by atoms with Crippen molar-refractivity contribution in [2.45, 2.75) is 0 Å². The third-order valence-corrected chi connectivity index (χ3v) is 4.76. The number of thiazole rings is 1. The van der Waals surface area contributed by atoms with E-state index in [9.17, 15) is 4.79 Å². The number of anilines is 1. The van der Waals surface area contributed by atoms with Gasteiger partial charge < -0.3 is 9.80 Å². The summed E-state index contributed by atoms with van der Waals surface area (Å²) in [7, 11) is 0. The van der Waals surface area contributed by atoms with Gasteiger partial charge in [-0.25, -0.2) is 9.97 Å². The van der Waals surface area contributed by atoms with E-state index in [1.807, 2.05) is 39.1 Å². The number of piperazine rings is 1. The van der Waals surface area contributed by atoms with Crippen LogP contribution in [0.1, 0.15) is 10.5 Å². The Balaban J connectivity index is 1.47. The van der Waals surface area contributed by atoms with E-state index in [2.05, 4.69) is 14.9 Å². The van der Waals surface area contributed by atoms with Crippen LogP contribution in [-0.2, 0) is 0 Å². The van der Waals surface area contributed by atoms with Gasteiger partial charge in [-0.05, 0) is 12.1 Å². The van der Waals surface area contributed by atoms with Gasteiger partial charge in [0.05, 0.1) is 0 Å². The molecule has 1 aliphatic rings. The fraction of sp³-hybridized carbons (Fsp3) is 0.267. The molecule has 22 heavy (non-hydrogen) atoms. The van der Waals surface area contributed by atoms with Crippen molar-refractivity contribution in [2.24, 2.45) is 0 Å². The second kappa shape index (κ2) is 5.42. The van der Waals surface area contributed by atoms with Crippen LogP contribution in [0.4, 0.5) is 5.82 Å². The van der Waals surface area contributed by atoms with E-state index < -0.39 is 0 Å². The van der Waals surface area contributed by atoms with Gasteiger partial charge in [-0.1, -0.05) is 6.07 Å². The molecular formula is C15H15N5OS. The minimum atomic E-state index is 0.0740. The first-order valence-electron chi connectivity index (χ1n) is 7.19. The first kappa shape index (κ1) is 13.3. The molecule has 0 aromatic carbocycles. The molecule has 0 N–H and O–H groups in total. The second-order valence-corrected chi connectivity index (χ2v) is 6.00. The van der Waals surface area contributed by atoms with Crippen LogP contribution in [0.15, 0.2) is 42.2 Å². The highest BCUT2D eigenvalue weighted by Gasteiger charge is 2.24. The van der Waals surface area contributed by atoms with Gasteiger partial charge in [-0.15, -0.1) is 11.3 Å². The number of fused-ring (bicyclic) bond motifs is 1. The summed E-state index contributed by atoms with van der Waals surface area (Å²) in [5, 5.41) is 1.88. The second-order valence-electron chi connectivity index (χ2n) is 5.17. The zero-order valence-electron chi connectivity index (χ0n) is 11.9. The van der Waals surface area contributed by atoms with Crippen LogP contribution in [0.5, 0.6) is 0 Å². The monoisotopic (exact) mass is 313 g/mol. The molecule has 0 unspecified atom stereocenters. The van der Waals surface area contributed by atoms with Gasteiger partial charge in [0.2, 0.25) is 0 Å². The Hall–Kier alpha value is -2.41. The van der Waals surface area contributed by atoms with Gasteiger partial charge in [-0.3, -0.25) is 9.20 Å². The number of hydrogen-bond donors (Lipinski definition) is 0. The number of aromatic nitrogens is 3. The number of amides is 1. The van der Waals surface area contributed by atoms with Gasteiger partial charge in [0.25, 0.3) is 5.91 Å². The Morgan fingerprint density at radius 3 is 2.73 bits per heavy atom. The SMILES string of the molecule is O=C(c1csc2nccn12)N1CCN(c2ccccn2)CC1. The average molecular weight is 313 g/mol. The minimum absolute atomic E-state index is 0.0740. The van der Waals surface area contributed by atoms with Crippen molar-refractivity contribution in [2.75, 3.05) is 31.1 Å². The van der Waals surface area contributed by atoms with Crippen molar-refractivity contribution >= 4 is 28.0 Å². The van der Waals surface area contributed by atoms with E-state index in [1.54, 1.807) is 12.4 Å². The van der Waals surface area contributed by atoms with E-state index in [0.717, 1.165) is 23.9 Å². The summed E-state index contributed by atoms with van der Waals surface area (Å²) in [5.41, 5.74) is 0.698. The first-order chi connectivity index (χ1) is 10.8. The predicted octanol–water partition coefficient (Wildman–Crippen LogP) is 1.75. The van der Waals surface area contributed by atoms with Crippen LogP contribution in [0, 0.1) is 0 Å². The molecular weight excluding hydrogens is 298 g/mol. The molecule has 0 bridgehead atoms. The zero-order valence-corrected chi connectivity index (χ0v) is 12.7. The van der Waals surface area contributed by atoms with Crippen LogP contribution in [0.2, 0.25) is 0 Å². The molecule has 0 radical (unpaired) electrons. The highest BCUT2D eigenvalue weighted by atomic mass is 32.1. The predicted molar refractivity (Wildman–Crippen MR) is 85.4 cm³/mol. The Labute approximate surface area is 131 Å². The molecule has 7 heteroatoms. The molecule has 112 valence electrons. The van der Waals surface area contributed by atoms with Crippen LogP contribution < -0.4 is 4.90 Å². The summed E-state index contributed by atoms with van der Waals surface area (Å²) in [6.07, 6.45) is 5.36. The van der Waals surface area contributed by atoms with E-state index in [1.165, 1.54) is 11.3 Å². The fourth-order valence-corrected chi connectivity index (χ4v) is 3.55. The summed E-state index contributed by atoms with van der Waals surface area (Å²) >= 11 is 1.49. The molecule has 1 fully saturated rings. The van der Waals surface area contributed by atoms with E-state index in [4.69, 9.17) is 0 Å². The molecule has 4 rings (SSSR count). The lowest BCUT2D eigenvalue weighted by molar-refractivity contribution is 0.0740. The summed E-state index contributed by atoms with van der Waals surface area (Å²) in [5.74, 6) is 1.05. The Kier molecular flexibility index (Phi) is 3.27. The average Bonchev–Trinajstić information content (AvgIpc) is 3.18. The van der Waals surface area contributed by atoms with E-state index >= 15 is 0 Å². The largest absolute Gasteiger partial charge is 0.353 e. The molecule has 1 saturated heterocycles. The van der Waals surface area contributed by atoms with Crippen LogP contribution in [-0.4, -0.2) is 51.4 Å². The van der Waals surface area contributed by atoms with Crippen LogP contribution >= 0.6 is 11.3 Å². The molecule has 3 aromatic heterocycles. The van der Waals surface area contributed by atoms with Gasteiger partial charge in [0.15, 0.2) is 4.96 Å². The number of carbonyl (C=O) groups excluding carboxylic acids is 1. The summed E-state index contributed by atoms with van der Waals surface area (Å²) < 4.78 is 1.86. The number of carbonyl (C=O) groups is 1. The van der Waals surface area contributed by atoms with Gasteiger partial charge in [0.1, 0.15) is 11.5 Å². The van der Waals surface area contributed by atoms with E-state index in [0.29, 0.717) is 18.8 Å². The minimum Gasteiger partial charge on any atom is -0.353 e. The normalized spacial score (nSPS) is 15.5. The quantitative estimate of drug-likeness (QED) is 0.723. The molecule has 0 atom stereocenters. The molecule has 0 spiro atoms. The highest BCUT2D eigenvalue weighted by Crippen LogP contribution is 2.18. The third kappa shape index (κ3) is 2.23. The van der Waals surface area contributed by atoms with Crippen molar-refractivity contribution in [3.05, 3.63) is 47.9 Å². The zero-order chi connectivity index (χ0) is 14.9. The first-order valence-corrected chi connectivity index (χ1v) is 8.07. The smallest absolute Gasteiger partial charge is 0.271 e. The van der Waals surface area contributed by atoms with Crippen molar-refractivity contribution < 1.29 is 4.79 Å². The van der Waals surface area contributed by atoms with Crippen molar-refractivity contribution in [1.29, 1.82) is 0 Å². The highest BCUT2D eigenvalue weighted by molar-refractivity contribution is 7.15. The Morgan fingerprint density at radius 1 is 1.09 bits per heavy atom. The lowest BCUT2D eigenvalue weighted by atomic mass is 10.2. The fourth-order valence-electron chi connectivity index (χ4n) is 2.72.